The van der Waals surface area contributed by atoms with Crippen LogP contribution in [0.4, 0.5) is 10.5 Å². The Balaban J connectivity index is 1.98. The molecule has 2 amide bonds. The van der Waals surface area contributed by atoms with Gasteiger partial charge in [-0.25, -0.2) is 9.78 Å². The first kappa shape index (κ1) is 15.1. The number of nitrogens with zero attached hydrogens (tertiary/aromatic N) is 1. The fourth-order valence-electron chi connectivity index (χ4n) is 1.83. The van der Waals surface area contributed by atoms with E-state index in [4.69, 9.17) is 16.3 Å². The number of methoxy groups -OCH3 is 1. The van der Waals surface area contributed by atoms with Crippen molar-refractivity contribution in [3.8, 4) is 5.88 Å². The molecule has 0 aliphatic heterocycles. The van der Waals surface area contributed by atoms with Crippen molar-refractivity contribution >= 4 is 23.3 Å². The van der Waals surface area contributed by atoms with Crippen molar-refractivity contribution in [1.29, 1.82) is 0 Å². The second-order valence-electron chi connectivity index (χ2n) is 4.39. The van der Waals surface area contributed by atoms with Crippen molar-refractivity contribution in [3.05, 3.63) is 52.7 Å². The lowest BCUT2D eigenvalue weighted by Crippen LogP contribution is -2.28. The van der Waals surface area contributed by atoms with E-state index in [1.165, 1.54) is 0 Å². The molecule has 5 nitrogen and oxygen atoms in total. The van der Waals surface area contributed by atoms with E-state index in [1.54, 1.807) is 37.6 Å². The van der Waals surface area contributed by atoms with Gasteiger partial charge in [0.2, 0.25) is 5.88 Å². The molecule has 0 saturated carbocycles. The Bertz CT molecular complexity index is 647. The third-order valence-electron chi connectivity index (χ3n) is 3.00. The lowest BCUT2D eigenvalue weighted by Gasteiger charge is -2.11. The number of urea groups is 1. The monoisotopic (exact) mass is 305 g/mol. The topological polar surface area (TPSA) is 63.2 Å². The molecule has 2 aromatic rings. The van der Waals surface area contributed by atoms with Crippen molar-refractivity contribution in [2.45, 2.75) is 13.5 Å². The highest BCUT2D eigenvalue weighted by Gasteiger charge is 2.08. The molecule has 0 bridgehead atoms. The van der Waals surface area contributed by atoms with Crippen LogP contribution in [0.3, 0.4) is 0 Å². The fourth-order valence-corrected chi connectivity index (χ4v) is 2.00. The first-order valence-electron chi connectivity index (χ1n) is 6.39. The summed E-state index contributed by atoms with van der Waals surface area (Å²) in [7, 11) is 1.54. The van der Waals surface area contributed by atoms with E-state index in [9.17, 15) is 4.79 Å². The van der Waals surface area contributed by atoms with Gasteiger partial charge in [-0.05, 0) is 30.7 Å². The molecule has 0 aliphatic rings. The second kappa shape index (κ2) is 6.95. The average Bonchev–Trinajstić information content (AvgIpc) is 2.50. The minimum Gasteiger partial charge on any atom is -0.481 e. The number of hydrogen-bond acceptors (Lipinski definition) is 3. The Morgan fingerprint density at radius 3 is 2.90 bits per heavy atom. The smallest absolute Gasteiger partial charge is 0.319 e. The zero-order valence-corrected chi connectivity index (χ0v) is 12.6. The van der Waals surface area contributed by atoms with Crippen molar-refractivity contribution in [2.24, 2.45) is 0 Å². The number of carbonyl (C=O) groups excluding carboxylic acids is 1. The van der Waals surface area contributed by atoms with Crippen LogP contribution >= 0.6 is 11.6 Å². The third-order valence-corrected chi connectivity index (χ3v) is 3.41. The summed E-state index contributed by atoms with van der Waals surface area (Å²) in [5, 5.41) is 6.13. The van der Waals surface area contributed by atoms with Crippen LogP contribution < -0.4 is 15.4 Å². The molecular weight excluding hydrogens is 290 g/mol. The van der Waals surface area contributed by atoms with E-state index in [0.29, 0.717) is 23.1 Å². The van der Waals surface area contributed by atoms with E-state index in [-0.39, 0.29) is 6.03 Å². The van der Waals surface area contributed by atoms with Crippen LogP contribution in [-0.2, 0) is 6.54 Å². The molecular formula is C15H16ClN3O2. The van der Waals surface area contributed by atoms with Gasteiger partial charge in [0.1, 0.15) is 0 Å². The normalized spacial score (nSPS) is 10.0. The SMILES string of the molecule is COc1ncccc1CNC(=O)Nc1cccc(Cl)c1C. The standard InChI is InChI=1S/C15H16ClN3O2/c1-10-12(16)6-3-7-13(10)19-15(20)18-9-11-5-4-8-17-14(11)21-2/h3-8H,9H2,1-2H3,(H2,18,19,20). The third kappa shape index (κ3) is 3.86. The zero-order chi connectivity index (χ0) is 15.2. The molecule has 110 valence electrons. The van der Waals surface area contributed by atoms with E-state index < -0.39 is 0 Å². The van der Waals surface area contributed by atoms with Crippen LogP contribution in [0, 0.1) is 6.92 Å². The van der Waals surface area contributed by atoms with Crippen molar-refractivity contribution < 1.29 is 9.53 Å². The van der Waals surface area contributed by atoms with Gasteiger partial charge in [-0.15, -0.1) is 0 Å². The summed E-state index contributed by atoms with van der Waals surface area (Å²) in [6, 6.07) is 8.68. The van der Waals surface area contributed by atoms with Gasteiger partial charge in [0, 0.05) is 29.0 Å². The zero-order valence-electron chi connectivity index (χ0n) is 11.8. The molecule has 0 atom stereocenters. The van der Waals surface area contributed by atoms with Crippen LogP contribution in [0.2, 0.25) is 5.02 Å². The van der Waals surface area contributed by atoms with Crippen LogP contribution in [0.5, 0.6) is 5.88 Å². The molecule has 0 saturated heterocycles. The summed E-state index contributed by atoms with van der Waals surface area (Å²) in [4.78, 5) is 16.0. The van der Waals surface area contributed by atoms with Crippen LogP contribution in [0.25, 0.3) is 0 Å². The minimum atomic E-state index is -0.314. The van der Waals surface area contributed by atoms with Gasteiger partial charge in [-0.1, -0.05) is 23.7 Å². The highest BCUT2D eigenvalue weighted by molar-refractivity contribution is 6.31. The number of pyridine rings is 1. The van der Waals surface area contributed by atoms with Gasteiger partial charge in [0.15, 0.2) is 0 Å². The largest absolute Gasteiger partial charge is 0.481 e. The van der Waals surface area contributed by atoms with E-state index >= 15 is 0 Å². The first-order chi connectivity index (χ1) is 10.1. The molecule has 0 fully saturated rings. The number of benzene rings is 1. The molecule has 0 radical (unpaired) electrons. The molecule has 6 heteroatoms. The van der Waals surface area contributed by atoms with Gasteiger partial charge < -0.3 is 15.4 Å². The number of aromatic nitrogens is 1. The molecule has 2 N–H and O–H groups in total. The molecule has 21 heavy (non-hydrogen) atoms. The number of anilines is 1. The van der Waals surface area contributed by atoms with Crippen LogP contribution in [0.1, 0.15) is 11.1 Å². The predicted octanol–water partition coefficient (Wildman–Crippen LogP) is 3.37. The second-order valence-corrected chi connectivity index (χ2v) is 4.80. The lowest BCUT2D eigenvalue weighted by molar-refractivity contribution is 0.251. The maximum Gasteiger partial charge on any atom is 0.319 e. The Hall–Kier alpha value is -2.27. The van der Waals surface area contributed by atoms with Crippen LogP contribution in [0.15, 0.2) is 36.5 Å². The predicted molar refractivity (Wildman–Crippen MR) is 82.8 cm³/mol. The van der Waals surface area contributed by atoms with Gasteiger partial charge in [-0.2, -0.15) is 0 Å². The van der Waals surface area contributed by atoms with Crippen molar-refractivity contribution in [3.63, 3.8) is 0 Å². The van der Waals surface area contributed by atoms with Crippen molar-refractivity contribution in [2.75, 3.05) is 12.4 Å². The highest BCUT2D eigenvalue weighted by atomic mass is 35.5. The Labute approximate surface area is 128 Å². The van der Waals surface area contributed by atoms with Crippen LogP contribution in [-0.4, -0.2) is 18.1 Å². The van der Waals surface area contributed by atoms with Gasteiger partial charge in [0.25, 0.3) is 0 Å². The maximum atomic E-state index is 11.9. The van der Waals surface area contributed by atoms with Gasteiger partial charge in [0.05, 0.1) is 7.11 Å². The maximum absolute atomic E-state index is 11.9. The highest BCUT2D eigenvalue weighted by Crippen LogP contribution is 2.22. The number of carbonyl (C=O) groups is 1. The molecule has 0 spiro atoms. The molecule has 0 unspecified atom stereocenters. The Kier molecular flexibility index (Phi) is 5.00. The summed E-state index contributed by atoms with van der Waals surface area (Å²) in [6.07, 6.45) is 1.64. The van der Waals surface area contributed by atoms with E-state index in [2.05, 4.69) is 15.6 Å². The number of hydrogen-bond donors (Lipinski definition) is 2. The summed E-state index contributed by atoms with van der Waals surface area (Å²) in [5.41, 5.74) is 2.31. The Morgan fingerprint density at radius 1 is 1.33 bits per heavy atom. The molecule has 0 aliphatic carbocycles. The molecule has 1 aromatic carbocycles. The summed E-state index contributed by atoms with van der Waals surface area (Å²) in [6.45, 7) is 2.17. The number of rotatable bonds is 4. The van der Waals surface area contributed by atoms with Crippen molar-refractivity contribution in [1.82, 2.24) is 10.3 Å². The van der Waals surface area contributed by atoms with Gasteiger partial charge in [-0.3, -0.25) is 0 Å². The average molecular weight is 306 g/mol. The number of halogens is 1. The quantitative estimate of drug-likeness (QED) is 0.910. The number of ether oxygens (including phenoxy) is 1. The number of nitrogens with one attached hydrogen (secondary N) is 2. The van der Waals surface area contributed by atoms with E-state index in [0.717, 1.165) is 11.1 Å². The summed E-state index contributed by atoms with van der Waals surface area (Å²) in [5.74, 6) is 0.497. The molecule has 1 aromatic heterocycles. The van der Waals surface area contributed by atoms with Gasteiger partial charge >= 0.3 is 6.03 Å². The fraction of sp³-hybridized carbons (Fsp3) is 0.200. The lowest BCUT2D eigenvalue weighted by atomic mass is 10.2. The van der Waals surface area contributed by atoms with E-state index in [1.807, 2.05) is 13.0 Å². The Morgan fingerprint density at radius 2 is 2.14 bits per heavy atom. The summed E-state index contributed by atoms with van der Waals surface area (Å²) >= 11 is 6.01. The molecule has 2 rings (SSSR count). The minimum absolute atomic E-state index is 0.314. The first-order valence-corrected chi connectivity index (χ1v) is 6.77. The number of amides is 2. The summed E-state index contributed by atoms with van der Waals surface area (Å²) < 4.78 is 5.13. The molecule has 1 heterocycles.